The Hall–Kier alpha value is -3.89. The van der Waals surface area contributed by atoms with Crippen molar-refractivity contribution in [2.75, 3.05) is 31.1 Å². The van der Waals surface area contributed by atoms with E-state index in [4.69, 9.17) is 10.7 Å². The Kier molecular flexibility index (Phi) is 6.05. The molecule has 0 saturated carbocycles. The molecule has 2 aliphatic rings. The Morgan fingerprint density at radius 1 is 1.08 bits per heavy atom. The number of imidazole rings is 1. The normalized spacial score (nSPS) is 16.7. The number of nitrogens with zero attached hydrogens (tertiary/aromatic N) is 5. The summed E-state index contributed by atoms with van der Waals surface area (Å²) in [4.78, 5) is 21.7. The number of hydrogen-bond donors (Lipinski definition) is 1. The Labute approximate surface area is 217 Å². The monoisotopic (exact) mass is 492 g/mol. The van der Waals surface area contributed by atoms with Crippen LogP contribution < -0.4 is 10.6 Å². The molecule has 1 fully saturated rings. The van der Waals surface area contributed by atoms with Gasteiger partial charge < -0.3 is 10.6 Å². The highest BCUT2D eigenvalue weighted by atomic mass is 16.1. The fraction of sp³-hybridized carbons (Fsp3) is 0.367. The molecule has 188 valence electrons. The number of nitrogens with two attached hydrogens (primary N) is 1. The molecule has 7 heteroatoms. The minimum absolute atomic E-state index is 0.0773. The number of primary amides is 1. The lowest BCUT2D eigenvalue weighted by molar-refractivity contribution is -0.122. The number of piperidine rings is 1. The summed E-state index contributed by atoms with van der Waals surface area (Å²) in [5.41, 5.74) is 14.0. The van der Waals surface area contributed by atoms with Crippen molar-refractivity contribution in [1.82, 2.24) is 14.3 Å². The van der Waals surface area contributed by atoms with Crippen LogP contribution in [0.15, 0.2) is 48.5 Å². The first-order valence-corrected chi connectivity index (χ1v) is 13.2. The molecule has 0 atom stereocenters. The van der Waals surface area contributed by atoms with Gasteiger partial charge in [0.25, 0.3) is 0 Å². The second-order valence-electron chi connectivity index (χ2n) is 10.5. The van der Waals surface area contributed by atoms with E-state index >= 15 is 0 Å². The predicted octanol–water partition coefficient (Wildman–Crippen LogP) is 3.97. The van der Waals surface area contributed by atoms with Crippen LogP contribution in [0.1, 0.15) is 40.7 Å². The first kappa shape index (κ1) is 23.5. The van der Waals surface area contributed by atoms with Gasteiger partial charge in [-0.15, -0.1) is 0 Å². The molecular formula is C30H32N6O. The van der Waals surface area contributed by atoms with Crippen molar-refractivity contribution in [1.29, 1.82) is 5.26 Å². The lowest BCUT2D eigenvalue weighted by Gasteiger charge is -2.38. The molecule has 2 N–H and O–H groups in total. The van der Waals surface area contributed by atoms with Gasteiger partial charge in [-0.1, -0.05) is 42.0 Å². The number of hydrogen-bond acceptors (Lipinski definition) is 5. The van der Waals surface area contributed by atoms with E-state index in [-0.39, 0.29) is 11.8 Å². The van der Waals surface area contributed by atoms with Crippen molar-refractivity contribution >= 4 is 28.4 Å². The van der Waals surface area contributed by atoms with Gasteiger partial charge in [0.05, 0.1) is 16.6 Å². The summed E-state index contributed by atoms with van der Waals surface area (Å²) < 4.78 is 2.20. The molecule has 1 amide bonds. The number of aryl methyl sites for hydroxylation is 1. The van der Waals surface area contributed by atoms with Crippen LogP contribution in [0.3, 0.4) is 0 Å². The highest BCUT2D eigenvalue weighted by Gasteiger charge is 2.32. The third-order valence-corrected chi connectivity index (χ3v) is 8.14. The van der Waals surface area contributed by atoms with Crippen molar-refractivity contribution in [2.24, 2.45) is 11.7 Å². The van der Waals surface area contributed by atoms with Crippen LogP contribution in [0, 0.1) is 24.2 Å². The number of rotatable bonds is 5. The van der Waals surface area contributed by atoms with E-state index in [1.807, 2.05) is 18.2 Å². The first-order chi connectivity index (χ1) is 18.0. The van der Waals surface area contributed by atoms with Crippen LogP contribution in [-0.4, -0.2) is 46.4 Å². The molecule has 7 nitrogen and oxygen atoms in total. The minimum Gasteiger partial charge on any atom is -0.369 e. The van der Waals surface area contributed by atoms with Gasteiger partial charge in [0, 0.05) is 44.2 Å². The molecule has 0 spiro atoms. The molecule has 2 aromatic heterocycles. The summed E-state index contributed by atoms with van der Waals surface area (Å²) in [6.07, 6.45) is 3.32. The number of para-hydroxylation sites is 2. The topological polar surface area (TPSA) is 90.7 Å². The van der Waals surface area contributed by atoms with Gasteiger partial charge in [0.1, 0.15) is 11.9 Å². The maximum Gasteiger partial charge on any atom is 0.220 e. The molecule has 0 bridgehead atoms. The number of benzene rings is 2. The largest absolute Gasteiger partial charge is 0.369 e. The van der Waals surface area contributed by atoms with Crippen molar-refractivity contribution in [3.05, 3.63) is 76.3 Å². The SMILES string of the molecule is Cc1ccc(CCN2CCc3c(c(N4CCC(C(N)=O)CC4)n4c(nc5ccccc54)c3C#N)C2)cc1. The summed E-state index contributed by atoms with van der Waals surface area (Å²) in [5.74, 6) is 0.842. The molecular weight excluding hydrogens is 460 g/mol. The van der Waals surface area contributed by atoms with Crippen LogP contribution in [-0.2, 0) is 24.2 Å². The number of carbonyl (C=O) groups is 1. The lowest BCUT2D eigenvalue weighted by Crippen LogP contribution is -2.41. The fourth-order valence-corrected chi connectivity index (χ4v) is 6.04. The zero-order chi connectivity index (χ0) is 25.5. The zero-order valence-electron chi connectivity index (χ0n) is 21.3. The number of aromatic nitrogens is 2. The van der Waals surface area contributed by atoms with E-state index in [2.05, 4.69) is 57.5 Å². The molecule has 0 radical (unpaired) electrons. The number of nitriles is 1. The number of amides is 1. The maximum atomic E-state index is 11.9. The molecule has 2 aliphatic heterocycles. The molecule has 6 rings (SSSR count). The smallest absolute Gasteiger partial charge is 0.220 e. The number of carbonyl (C=O) groups excluding carboxylic acids is 1. The average Bonchev–Trinajstić information content (AvgIpc) is 3.30. The van der Waals surface area contributed by atoms with E-state index < -0.39 is 0 Å². The number of pyridine rings is 1. The average molecular weight is 493 g/mol. The predicted molar refractivity (Wildman–Crippen MR) is 145 cm³/mol. The third-order valence-electron chi connectivity index (χ3n) is 8.14. The van der Waals surface area contributed by atoms with Gasteiger partial charge in [-0.3, -0.25) is 14.1 Å². The Bertz CT molecular complexity index is 1520. The molecule has 0 unspecified atom stereocenters. The second kappa shape index (κ2) is 9.53. The molecule has 2 aromatic carbocycles. The molecule has 1 saturated heterocycles. The standard InChI is InChI=1S/C30H32N6O/c1-20-6-8-21(9-7-20)10-14-34-15-13-23-24(18-31)29-33-26-4-2-3-5-27(26)36(29)30(25(23)19-34)35-16-11-22(12-17-35)28(32)37/h2-9,22H,10-17,19H2,1H3,(H2,32,37). The lowest BCUT2D eigenvalue weighted by atomic mass is 9.92. The van der Waals surface area contributed by atoms with Crippen LogP contribution in [0.5, 0.6) is 0 Å². The summed E-state index contributed by atoms with van der Waals surface area (Å²) in [7, 11) is 0. The van der Waals surface area contributed by atoms with Gasteiger partial charge in [-0.2, -0.15) is 5.26 Å². The van der Waals surface area contributed by atoms with E-state index in [0.29, 0.717) is 5.56 Å². The quantitative estimate of drug-likeness (QED) is 0.455. The Balaban J connectivity index is 1.43. The fourth-order valence-electron chi connectivity index (χ4n) is 6.04. The van der Waals surface area contributed by atoms with Crippen molar-refractivity contribution < 1.29 is 4.79 Å². The first-order valence-electron chi connectivity index (χ1n) is 13.2. The van der Waals surface area contributed by atoms with Gasteiger partial charge in [0.15, 0.2) is 5.65 Å². The Morgan fingerprint density at radius 2 is 1.84 bits per heavy atom. The van der Waals surface area contributed by atoms with Crippen molar-refractivity contribution in [3.8, 4) is 6.07 Å². The van der Waals surface area contributed by atoms with Crippen molar-refractivity contribution in [3.63, 3.8) is 0 Å². The second-order valence-corrected chi connectivity index (χ2v) is 10.5. The van der Waals surface area contributed by atoms with Crippen LogP contribution in [0.2, 0.25) is 0 Å². The molecule has 4 heterocycles. The van der Waals surface area contributed by atoms with Crippen LogP contribution in [0.4, 0.5) is 5.82 Å². The third kappa shape index (κ3) is 4.21. The summed E-state index contributed by atoms with van der Waals surface area (Å²) in [6, 6.07) is 19.4. The van der Waals surface area contributed by atoms with Gasteiger partial charge in [0.2, 0.25) is 5.91 Å². The van der Waals surface area contributed by atoms with Crippen molar-refractivity contribution in [2.45, 2.75) is 39.2 Å². The van der Waals surface area contributed by atoms with Gasteiger partial charge in [-0.05, 0) is 55.9 Å². The molecule has 0 aliphatic carbocycles. The summed E-state index contributed by atoms with van der Waals surface area (Å²) in [6.45, 7) is 6.33. The summed E-state index contributed by atoms with van der Waals surface area (Å²) >= 11 is 0. The van der Waals surface area contributed by atoms with E-state index in [1.54, 1.807) is 0 Å². The highest BCUT2D eigenvalue weighted by molar-refractivity contribution is 5.86. The van der Waals surface area contributed by atoms with Gasteiger partial charge in [-0.25, -0.2) is 4.98 Å². The highest BCUT2D eigenvalue weighted by Crippen LogP contribution is 2.38. The zero-order valence-corrected chi connectivity index (χ0v) is 21.3. The number of fused-ring (bicyclic) bond motifs is 4. The van der Waals surface area contributed by atoms with E-state index in [9.17, 15) is 10.1 Å². The maximum absolute atomic E-state index is 11.9. The Morgan fingerprint density at radius 3 is 2.57 bits per heavy atom. The number of anilines is 1. The van der Waals surface area contributed by atoms with E-state index in [1.165, 1.54) is 16.7 Å². The van der Waals surface area contributed by atoms with Gasteiger partial charge >= 0.3 is 0 Å². The van der Waals surface area contributed by atoms with Crippen LogP contribution >= 0.6 is 0 Å². The summed E-state index contributed by atoms with van der Waals surface area (Å²) in [5, 5.41) is 10.3. The van der Waals surface area contributed by atoms with E-state index in [0.717, 1.165) is 86.5 Å². The molecule has 37 heavy (non-hydrogen) atoms. The molecule has 4 aromatic rings. The minimum atomic E-state index is -0.206. The van der Waals surface area contributed by atoms with Crippen LogP contribution in [0.25, 0.3) is 16.7 Å².